The van der Waals surface area contributed by atoms with Crippen LogP contribution in [0.2, 0.25) is 0 Å². The Morgan fingerprint density at radius 2 is 2.14 bits per heavy atom. The van der Waals surface area contributed by atoms with Gasteiger partial charge in [0.25, 0.3) is 5.91 Å². The number of carbonyl (C=O) groups excluding carboxylic acids is 1. The van der Waals surface area contributed by atoms with Crippen LogP contribution >= 0.6 is 0 Å². The Balaban J connectivity index is 1.89. The van der Waals surface area contributed by atoms with Crippen LogP contribution < -0.4 is 5.73 Å². The molecule has 1 aliphatic rings. The molecule has 1 fully saturated rings. The minimum Gasteiger partial charge on any atom is -0.378 e. The summed E-state index contributed by atoms with van der Waals surface area (Å²) in [6.45, 7) is 4.37. The van der Waals surface area contributed by atoms with Crippen LogP contribution in [0.15, 0.2) is 18.2 Å². The fraction of sp³-hybridized carbons (Fsp3) is 0.562. The van der Waals surface area contributed by atoms with E-state index in [1.54, 1.807) is 17.0 Å². The van der Waals surface area contributed by atoms with Gasteiger partial charge in [-0.25, -0.2) is 4.39 Å². The van der Waals surface area contributed by atoms with E-state index in [2.05, 4.69) is 0 Å². The molecule has 0 atom stereocenters. The van der Waals surface area contributed by atoms with E-state index in [9.17, 15) is 9.18 Å². The zero-order valence-electron chi connectivity index (χ0n) is 12.5. The molecule has 0 saturated carbocycles. The Bertz CT molecular complexity index is 485. The van der Waals surface area contributed by atoms with Crippen molar-refractivity contribution in [1.29, 1.82) is 0 Å². The monoisotopic (exact) mass is 294 g/mol. The summed E-state index contributed by atoms with van der Waals surface area (Å²) in [5.74, 6) is -0.677. The molecule has 0 bridgehead atoms. The first-order valence-electron chi connectivity index (χ1n) is 7.49. The molecule has 1 aromatic carbocycles. The second kappa shape index (κ2) is 7.52. The van der Waals surface area contributed by atoms with Gasteiger partial charge in [0, 0.05) is 19.7 Å². The number of piperidine rings is 1. The van der Waals surface area contributed by atoms with E-state index in [1.807, 2.05) is 6.92 Å². The molecule has 0 aliphatic carbocycles. The third kappa shape index (κ3) is 4.25. The van der Waals surface area contributed by atoms with Crippen LogP contribution in [0.3, 0.4) is 0 Å². The second-order valence-electron chi connectivity index (χ2n) is 5.49. The maximum Gasteiger partial charge on any atom is 0.256 e. The first-order chi connectivity index (χ1) is 10.1. The zero-order chi connectivity index (χ0) is 15.2. The Hall–Kier alpha value is -1.46. The van der Waals surface area contributed by atoms with Crippen LogP contribution in [0.5, 0.6) is 0 Å². The average Bonchev–Trinajstić information content (AvgIpc) is 2.50. The van der Waals surface area contributed by atoms with Crippen LogP contribution in [0.25, 0.3) is 0 Å². The van der Waals surface area contributed by atoms with Crippen LogP contribution in [0.4, 0.5) is 4.39 Å². The molecule has 1 aliphatic heterocycles. The van der Waals surface area contributed by atoms with Crippen molar-refractivity contribution in [3.63, 3.8) is 0 Å². The van der Waals surface area contributed by atoms with Crippen LogP contribution in [-0.4, -0.2) is 43.2 Å². The maximum absolute atomic E-state index is 13.8. The van der Waals surface area contributed by atoms with E-state index in [-0.39, 0.29) is 17.6 Å². The molecule has 5 heteroatoms. The van der Waals surface area contributed by atoms with Crippen molar-refractivity contribution in [2.75, 3.05) is 26.2 Å². The number of aryl methyl sites for hydroxylation is 1. The molecular formula is C16H23FN2O2. The van der Waals surface area contributed by atoms with Gasteiger partial charge in [0.05, 0.1) is 11.7 Å². The molecular weight excluding hydrogens is 271 g/mol. The number of nitrogens with two attached hydrogens (primary N) is 1. The van der Waals surface area contributed by atoms with Gasteiger partial charge in [0.1, 0.15) is 5.82 Å². The zero-order valence-corrected chi connectivity index (χ0v) is 12.5. The lowest BCUT2D eigenvalue weighted by atomic mass is 10.0. The number of nitrogens with zero attached hydrogens (tertiary/aromatic N) is 1. The summed E-state index contributed by atoms with van der Waals surface area (Å²) in [4.78, 5) is 14.1. The fourth-order valence-corrected chi connectivity index (χ4v) is 2.53. The number of hydrogen-bond acceptors (Lipinski definition) is 3. The van der Waals surface area contributed by atoms with Gasteiger partial charge in [-0.05, 0) is 44.9 Å². The molecule has 1 amide bonds. The third-order valence-corrected chi connectivity index (χ3v) is 3.78. The molecule has 0 radical (unpaired) electrons. The number of benzene rings is 1. The first kappa shape index (κ1) is 15.9. The summed E-state index contributed by atoms with van der Waals surface area (Å²) < 4.78 is 19.5. The third-order valence-electron chi connectivity index (χ3n) is 3.78. The standard InChI is InChI=1S/C16H23FN2O2/c1-12-3-4-15(17)14(11-12)16(20)19-8-5-13(6-9-19)21-10-2-7-18/h3-4,11,13H,2,5-10,18H2,1H3. The molecule has 116 valence electrons. The lowest BCUT2D eigenvalue weighted by molar-refractivity contribution is 0.00833. The average molecular weight is 294 g/mol. The highest BCUT2D eigenvalue weighted by Crippen LogP contribution is 2.18. The topological polar surface area (TPSA) is 55.6 Å². The molecule has 21 heavy (non-hydrogen) atoms. The predicted octanol–water partition coefficient (Wildman–Crippen LogP) is 2.10. The van der Waals surface area contributed by atoms with E-state index in [1.165, 1.54) is 6.07 Å². The second-order valence-corrected chi connectivity index (χ2v) is 5.49. The number of ether oxygens (including phenoxy) is 1. The van der Waals surface area contributed by atoms with Crippen molar-refractivity contribution in [3.05, 3.63) is 35.1 Å². The highest BCUT2D eigenvalue weighted by atomic mass is 19.1. The Morgan fingerprint density at radius 3 is 2.81 bits per heavy atom. The molecule has 2 N–H and O–H groups in total. The summed E-state index contributed by atoms with van der Waals surface area (Å²) in [6.07, 6.45) is 2.63. The summed E-state index contributed by atoms with van der Waals surface area (Å²) in [5, 5.41) is 0. The predicted molar refractivity (Wildman–Crippen MR) is 79.7 cm³/mol. The van der Waals surface area contributed by atoms with E-state index in [0.717, 1.165) is 24.8 Å². The number of likely N-dealkylation sites (tertiary alicyclic amines) is 1. The highest BCUT2D eigenvalue weighted by molar-refractivity contribution is 5.94. The summed E-state index contributed by atoms with van der Waals surface area (Å²) >= 11 is 0. The molecule has 4 nitrogen and oxygen atoms in total. The van der Waals surface area contributed by atoms with E-state index in [4.69, 9.17) is 10.5 Å². The van der Waals surface area contributed by atoms with Crippen molar-refractivity contribution >= 4 is 5.91 Å². The fourth-order valence-electron chi connectivity index (χ4n) is 2.53. The molecule has 1 saturated heterocycles. The first-order valence-corrected chi connectivity index (χ1v) is 7.49. The van der Waals surface area contributed by atoms with Crippen molar-refractivity contribution in [3.8, 4) is 0 Å². The van der Waals surface area contributed by atoms with Crippen molar-refractivity contribution in [1.82, 2.24) is 4.90 Å². The normalized spacial score (nSPS) is 16.2. The summed E-state index contributed by atoms with van der Waals surface area (Å²) in [7, 11) is 0. The Labute approximate surface area is 125 Å². The molecule has 0 aromatic heterocycles. The van der Waals surface area contributed by atoms with Crippen LogP contribution in [0, 0.1) is 12.7 Å². The number of hydrogen-bond donors (Lipinski definition) is 1. The van der Waals surface area contributed by atoms with E-state index < -0.39 is 5.82 Å². The Morgan fingerprint density at radius 1 is 1.43 bits per heavy atom. The molecule has 0 spiro atoms. The van der Waals surface area contributed by atoms with Crippen molar-refractivity contribution in [2.24, 2.45) is 5.73 Å². The number of amides is 1. The Kier molecular flexibility index (Phi) is 5.70. The quantitative estimate of drug-likeness (QED) is 0.846. The highest BCUT2D eigenvalue weighted by Gasteiger charge is 2.25. The van der Waals surface area contributed by atoms with Gasteiger partial charge in [-0.3, -0.25) is 4.79 Å². The van der Waals surface area contributed by atoms with Gasteiger partial charge < -0.3 is 15.4 Å². The van der Waals surface area contributed by atoms with Crippen molar-refractivity contribution < 1.29 is 13.9 Å². The van der Waals surface area contributed by atoms with E-state index >= 15 is 0 Å². The molecule has 2 rings (SSSR count). The minimum absolute atomic E-state index is 0.164. The van der Waals surface area contributed by atoms with Crippen LogP contribution in [-0.2, 0) is 4.74 Å². The molecule has 1 aromatic rings. The van der Waals surface area contributed by atoms with Gasteiger partial charge in [-0.15, -0.1) is 0 Å². The summed E-state index contributed by atoms with van der Waals surface area (Å²) in [5.41, 5.74) is 6.48. The lowest BCUT2D eigenvalue weighted by Crippen LogP contribution is -2.41. The molecule has 0 unspecified atom stereocenters. The minimum atomic E-state index is -0.452. The van der Waals surface area contributed by atoms with Gasteiger partial charge in [0.2, 0.25) is 0 Å². The van der Waals surface area contributed by atoms with Gasteiger partial charge >= 0.3 is 0 Å². The summed E-state index contributed by atoms with van der Waals surface area (Å²) in [6, 6.07) is 4.64. The lowest BCUT2D eigenvalue weighted by Gasteiger charge is -2.32. The number of carbonyl (C=O) groups is 1. The van der Waals surface area contributed by atoms with Gasteiger partial charge in [0.15, 0.2) is 0 Å². The van der Waals surface area contributed by atoms with Gasteiger partial charge in [-0.1, -0.05) is 11.6 Å². The van der Waals surface area contributed by atoms with E-state index in [0.29, 0.717) is 26.2 Å². The maximum atomic E-state index is 13.8. The number of halogens is 1. The number of rotatable bonds is 5. The SMILES string of the molecule is Cc1ccc(F)c(C(=O)N2CCC(OCCCN)CC2)c1. The largest absolute Gasteiger partial charge is 0.378 e. The molecule has 1 heterocycles. The van der Waals surface area contributed by atoms with Crippen LogP contribution in [0.1, 0.15) is 35.2 Å². The smallest absolute Gasteiger partial charge is 0.256 e. The van der Waals surface area contributed by atoms with Gasteiger partial charge in [-0.2, -0.15) is 0 Å². The van der Waals surface area contributed by atoms with Crippen molar-refractivity contribution in [2.45, 2.75) is 32.3 Å².